The van der Waals surface area contributed by atoms with Gasteiger partial charge in [0.15, 0.2) is 0 Å². The lowest BCUT2D eigenvalue weighted by atomic mass is 9.94. The van der Waals surface area contributed by atoms with Crippen LogP contribution in [0.3, 0.4) is 0 Å². The Hall–Kier alpha value is -0.300. The molecule has 0 unspecified atom stereocenters. The monoisotopic (exact) mass is 140 g/mol. The number of allylic oxidation sites excluding steroid dienone is 1. The summed E-state index contributed by atoms with van der Waals surface area (Å²) < 4.78 is 0. The molecule has 0 saturated carbocycles. The highest BCUT2D eigenvalue weighted by Gasteiger charge is 2.21. The average Bonchev–Trinajstić information content (AvgIpc) is 2.12. The molecule has 1 aliphatic carbocycles. The SMILES string of the molecule is CC1(C)C=C(CCO)CC1. The fourth-order valence-corrected chi connectivity index (χ4v) is 1.52. The van der Waals surface area contributed by atoms with Gasteiger partial charge in [0.25, 0.3) is 0 Å². The molecular formula is C9H16O. The van der Waals surface area contributed by atoms with Crippen LogP contribution >= 0.6 is 0 Å². The average molecular weight is 140 g/mol. The van der Waals surface area contributed by atoms with Crippen molar-refractivity contribution in [3.63, 3.8) is 0 Å². The Morgan fingerprint density at radius 1 is 1.60 bits per heavy atom. The second-order valence-corrected chi connectivity index (χ2v) is 3.76. The maximum absolute atomic E-state index is 8.66. The van der Waals surface area contributed by atoms with Gasteiger partial charge in [0, 0.05) is 6.61 Å². The van der Waals surface area contributed by atoms with E-state index < -0.39 is 0 Å². The molecular weight excluding hydrogens is 124 g/mol. The molecule has 0 bridgehead atoms. The van der Waals surface area contributed by atoms with Crippen molar-refractivity contribution < 1.29 is 5.11 Å². The third kappa shape index (κ3) is 1.84. The summed E-state index contributed by atoms with van der Waals surface area (Å²) in [5, 5.41) is 8.66. The molecule has 58 valence electrons. The molecule has 0 fully saturated rings. The summed E-state index contributed by atoms with van der Waals surface area (Å²) in [6, 6.07) is 0. The van der Waals surface area contributed by atoms with Gasteiger partial charge in [-0.05, 0) is 24.7 Å². The second kappa shape index (κ2) is 2.75. The smallest absolute Gasteiger partial charge is 0.0468 e. The van der Waals surface area contributed by atoms with E-state index in [0.717, 1.165) is 6.42 Å². The Morgan fingerprint density at radius 3 is 2.70 bits per heavy atom. The van der Waals surface area contributed by atoms with Crippen LogP contribution < -0.4 is 0 Å². The quantitative estimate of drug-likeness (QED) is 0.582. The largest absolute Gasteiger partial charge is 0.396 e. The summed E-state index contributed by atoms with van der Waals surface area (Å²) in [4.78, 5) is 0. The van der Waals surface area contributed by atoms with E-state index in [1.54, 1.807) is 0 Å². The molecule has 0 aromatic heterocycles. The molecule has 0 spiro atoms. The van der Waals surface area contributed by atoms with Crippen LogP contribution in [0, 0.1) is 5.41 Å². The summed E-state index contributed by atoms with van der Waals surface area (Å²) in [5.41, 5.74) is 1.83. The Morgan fingerprint density at radius 2 is 2.30 bits per heavy atom. The lowest BCUT2D eigenvalue weighted by Gasteiger charge is -2.11. The fourth-order valence-electron chi connectivity index (χ4n) is 1.52. The normalized spacial score (nSPS) is 22.9. The Bertz CT molecular complexity index is 145. The van der Waals surface area contributed by atoms with Crippen molar-refractivity contribution in [3.05, 3.63) is 11.6 Å². The third-order valence-electron chi connectivity index (χ3n) is 2.12. The first-order valence-corrected chi connectivity index (χ1v) is 3.95. The minimum absolute atomic E-state index is 0.307. The zero-order valence-corrected chi connectivity index (χ0v) is 6.85. The van der Waals surface area contributed by atoms with Gasteiger partial charge in [0.2, 0.25) is 0 Å². The highest BCUT2D eigenvalue weighted by Crippen LogP contribution is 2.35. The third-order valence-corrected chi connectivity index (χ3v) is 2.12. The topological polar surface area (TPSA) is 20.2 Å². The van der Waals surface area contributed by atoms with Crippen LogP contribution in [-0.4, -0.2) is 11.7 Å². The van der Waals surface area contributed by atoms with E-state index in [0.29, 0.717) is 12.0 Å². The summed E-state index contributed by atoms with van der Waals surface area (Å²) in [5.74, 6) is 0. The maximum atomic E-state index is 8.66. The molecule has 0 radical (unpaired) electrons. The molecule has 1 N–H and O–H groups in total. The van der Waals surface area contributed by atoms with Gasteiger partial charge in [-0.3, -0.25) is 0 Å². The lowest BCUT2D eigenvalue weighted by Crippen LogP contribution is -2.00. The van der Waals surface area contributed by atoms with E-state index in [2.05, 4.69) is 19.9 Å². The van der Waals surface area contributed by atoms with Crippen molar-refractivity contribution in [1.29, 1.82) is 0 Å². The van der Waals surface area contributed by atoms with Gasteiger partial charge in [-0.25, -0.2) is 0 Å². The number of rotatable bonds is 2. The van der Waals surface area contributed by atoms with Crippen molar-refractivity contribution in [1.82, 2.24) is 0 Å². The number of aliphatic hydroxyl groups is 1. The predicted octanol–water partition coefficient (Wildman–Crippen LogP) is 2.12. The molecule has 1 nitrogen and oxygen atoms in total. The van der Waals surface area contributed by atoms with Crippen LogP contribution in [0.2, 0.25) is 0 Å². The van der Waals surface area contributed by atoms with Gasteiger partial charge >= 0.3 is 0 Å². The zero-order valence-electron chi connectivity index (χ0n) is 6.85. The number of hydrogen-bond donors (Lipinski definition) is 1. The van der Waals surface area contributed by atoms with Crippen LogP contribution in [0.15, 0.2) is 11.6 Å². The predicted molar refractivity (Wildman–Crippen MR) is 42.8 cm³/mol. The molecule has 1 rings (SSSR count). The molecule has 0 aromatic carbocycles. The van der Waals surface area contributed by atoms with Crippen molar-refractivity contribution in [2.75, 3.05) is 6.61 Å². The van der Waals surface area contributed by atoms with E-state index in [-0.39, 0.29) is 0 Å². The Labute approximate surface area is 62.8 Å². The zero-order chi connectivity index (χ0) is 7.61. The van der Waals surface area contributed by atoms with Gasteiger partial charge in [-0.1, -0.05) is 25.5 Å². The van der Waals surface area contributed by atoms with Crippen LogP contribution in [-0.2, 0) is 0 Å². The van der Waals surface area contributed by atoms with E-state index in [4.69, 9.17) is 5.11 Å². The van der Waals surface area contributed by atoms with Crippen LogP contribution in [0.25, 0.3) is 0 Å². The Balaban J connectivity index is 2.49. The minimum Gasteiger partial charge on any atom is -0.396 e. The summed E-state index contributed by atoms with van der Waals surface area (Å²) in [6.07, 6.45) is 5.63. The second-order valence-electron chi connectivity index (χ2n) is 3.76. The molecule has 1 aliphatic rings. The molecule has 0 atom stereocenters. The minimum atomic E-state index is 0.307. The number of aliphatic hydroxyl groups excluding tert-OH is 1. The molecule has 0 heterocycles. The summed E-state index contributed by atoms with van der Waals surface area (Å²) in [6.45, 7) is 4.80. The van der Waals surface area contributed by atoms with E-state index >= 15 is 0 Å². The highest BCUT2D eigenvalue weighted by molar-refractivity contribution is 5.14. The molecule has 0 aromatic rings. The molecule has 10 heavy (non-hydrogen) atoms. The summed E-state index contributed by atoms with van der Waals surface area (Å²) >= 11 is 0. The first kappa shape index (κ1) is 7.80. The van der Waals surface area contributed by atoms with Gasteiger partial charge in [-0.15, -0.1) is 0 Å². The van der Waals surface area contributed by atoms with Crippen LogP contribution in [0.5, 0.6) is 0 Å². The van der Waals surface area contributed by atoms with Crippen LogP contribution in [0.4, 0.5) is 0 Å². The molecule has 1 heteroatoms. The number of hydrogen-bond acceptors (Lipinski definition) is 1. The molecule has 0 amide bonds. The Kier molecular flexibility index (Phi) is 2.14. The van der Waals surface area contributed by atoms with Gasteiger partial charge < -0.3 is 5.11 Å². The van der Waals surface area contributed by atoms with Crippen molar-refractivity contribution >= 4 is 0 Å². The lowest BCUT2D eigenvalue weighted by molar-refractivity contribution is 0.298. The van der Waals surface area contributed by atoms with Crippen molar-refractivity contribution in [3.8, 4) is 0 Å². The standard InChI is InChI=1S/C9H16O/c1-9(2)5-3-8(7-9)4-6-10/h7,10H,3-6H2,1-2H3. The first-order valence-electron chi connectivity index (χ1n) is 3.95. The van der Waals surface area contributed by atoms with Crippen molar-refractivity contribution in [2.24, 2.45) is 5.41 Å². The van der Waals surface area contributed by atoms with E-state index in [9.17, 15) is 0 Å². The van der Waals surface area contributed by atoms with Gasteiger partial charge in [0.05, 0.1) is 0 Å². The fraction of sp³-hybridized carbons (Fsp3) is 0.778. The molecule has 0 saturated heterocycles. The molecule has 0 aliphatic heterocycles. The summed E-state index contributed by atoms with van der Waals surface area (Å²) in [7, 11) is 0. The van der Waals surface area contributed by atoms with Crippen LogP contribution in [0.1, 0.15) is 33.1 Å². The maximum Gasteiger partial charge on any atom is 0.0468 e. The first-order chi connectivity index (χ1) is 4.64. The van der Waals surface area contributed by atoms with E-state index in [1.807, 2.05) is 0 Å². The van der Waals surface area contributed by atoms with E-state index in [1.165, 1.54) is 18.4 Å². The van der Waals surface area contributed by atoms with Gasteiger partial charge in [-0.2, -0.15) is 0 Å². The highest BCUT2D eigenvalue weighted by atomic mass is 16.2. The van der Waals surface area contributed by atoms with Gasteiger partial charge in [0.1, 0.15) is 0 Å². The van der Waals surface area contributed by atoms with Crippen molar-refractivity contribution in [2.45, 2.75) is 33.1 Å².